The van der Waals surface area contributed by atoms with Gasteiger partial charge in [0.25, 0.3) is 11.8 Å². The van der Waals surface area contributed by atoms with Crippen molar-refractivity contribution in [2.45, 2.75) is 19.8 Å². The maximum Gasteiger partial charge on any atom is 0.257 e. The first-order valence-electron chi connectivity index (χ1n) is 9.64. The molecule has 6 nitrogen and oxygen atoms in total. The maximum atomic E-state index is 12.8. The predicted octanol–water partition coefficient (Wildman–Crippen LogP) is 3.41. The molecule has 1 aliphatic rings. The number of hydrogen-bond acceptors (Lipinski definition) is 4. The number of ether oxygens (including phenoxy) is 1. The molecule has 1 heterocycles. The van der Waals surface area contributed by atoms with Crippen molar-refractivity contribution in [1.29, 1.82) is 0 Å². The number of rotatable bonds is 4. The first kappa shape index (κ1) is 21.0. The molecule has 0 aromatic heterocycles. The quantitative estimate of drug-likeness (QED) is 0.755. The number of thiocarbonyl (C=S) groups is 1. The molecular weight excluding hydrogens is 386 g/mol. The second-order valence-electron chi connectivity index (χ2n) is 7.14. The van der Waals surface area contributed by atoms with Crippen LogP contribution in [-0.4, -0.2) is 48.1 Å². The molecule has 29 heavy (non-hydrogen) atoms. The van der Waals surface area contributed by atoms with Crippen LogP contribution < -0.4 is 10.6 Å². The molecule has 0 aliphatic carbocycles. The highest BCUT2D eigenvalue weighted by Gasteiger charge is 2.21. The topological polar surface area (TPSA) is 70.7 Å². The zero-order valence-corrected chi connectivity index (χ0v) is 17.4. The maximum absolute atomic E-state index is 12.8. The van der Waals surface area contributed by atoms with Gasteiger partial charge in [-0.15, -0.1) is 0 Å². The number of nitrogens with zero attached hydrogens (tertiary/aromatic N) is 1. The normalized spacial score (nSPS) is 13.8. The van der Waals surface area contributed by atoms with Crippen LogP contribution in [0.1, 0.15) is 46.0 Å². The van der Waals surface area contributed by atoms with Gasteiger partial charge >= 0.3 is 0 Å². The molecule has 0 atom stereocenters. The zero-order valence-electron chi connectivity index (χ0n) is 16.6. The van der Waals surface area contributed by atoms with Gasteiger partial charge < -0.3 is 15.0 Å². The number of amides is 2. The number of para-hydroxylation sites is 1. The average Bonchev–Trinajstić information content (AvgIpc) is 2.74. The van der Waals surface area contributed by atoms with Gasteiger partial charge in [-0.05, 0) is 48.0 Å². The molecule has 152 valence electrons. The van der Waals surface area contributed by atoms with Crippen molar-refractivity contribution in [1.82, 2.24) is 10.2 Å². The standard InChI is InChI=1S/C22H25N3O3S/c1-15(2)16-7-9-17(10-8-16)20(26)24-22(29)23-19-6-4-3-5-18(19)21(27)25-11-13-28-14-12-25/h3-10,15H,11-14H2,1-2H3,(H2,23,24,26,29). The van der Waals surface area contributed by atoms with Crippen LogP contribution in [0.4, 0.5) is 5.69 Å². The first-order chi connectivity index (χ1) is 14.0. The number of carbonyl (C=O) groups excluding carboxylic acids is 2. The van der Waals surface area contributed by atoms with E-state index in [4.69, 9.17) is 17.0 Å². The minimum atomic E-state index is -0.296. The molecule has 2 aromatic carbocycles. The van der Waals surface area contributed by atoms with Crippen LogP contribution in [0, 0.1) is 0 Å². The minimum absolute atomic E-state index is 0.0881. The predicted molar refractivity (Wildman–Crippen MR) is 117 cm³/mol. The summed E-state index contributed by atoms with van der Waals surface area (Å²) in [6.07, 6.45) is 0. The van der Waals surface area contributed by atoms with Crippen molar-refractivity contribution in [3.05, 3.63) is 65.2 Å². The second-order valence-corrected chi connectivity index (χ2v) is 7.54. The first-order valence-corrected chi connectivity index (χ1v) is 10.0. The lowest BCUT2D eigenvalue weighted by Gasteiger charge is -2.27. The molecule has 1 fully saturated rings. The van der Waals surface area contributed by atoms with Gasteiger partial charge in [0.2, 0.25) is 0 Å². The highest BCUT2D eigenvalue weighted by Crippen LogP contribution is 2.18. The van der Waals surface area contributed by atoms with Gasteiger partial charge in [-0.3, -0.25) is 14.9 Å². The number of anilines is 1. The Labute approximate surface area is 176 Å². The molecular formula is C22H25N3O3S. The Hall–Kier alpha value is -2.77. The summed E-state index contributed by atoms with van der Waals surface area (Å²) >= 11 is 5.29. The molecule has 2 aromatic rings. The number of benzene rings is 2. The molecule has 7 heteroatoms. The molecule has 2 amide bonds. The van der Waals surface area contributed by atoms with Crippen molar-refractivity contribution in [2.75, 3.05) is 31.6 Å². The van der Waals surface area contributed by atoms with Crippen LogP contribution in [0.15, 0.2) is 48.5 Å². The Balaban J connectivity index is 1.66. The van der Waals surface area contributed by atoms with Gasteiger partial charge in [0.1, 0.15) is 0 Å². The van der Waals surface area contributed by atoms with E-state index in [-0.39, 0.29) is 16.9 Å². The number of nitrogens with one attached hydrogen (secondary N) is 2. The third-order valence-electron chi connectivity index (χ3n) is 4.77. The Morgan fingerprint density at radius 2 is 1.69 bits per heavy atom. The van der Waals surface area contributed by atoms with Crippen LogP contribution in [0.3, 0.4) is 0 Å². The lowest BCUT2D eigenvalue weighted by atomic mass is 10.0. The molecule has 1 saturated heterocycles. The highest BCUT2D eigenvalue weighted by molar-refractivity contribution is 7.80. The molecule has 0 bridgehead atoms. The summed E-state index contributed by atoms with van der Waals surface area (Å²) in [7, 11) is 0. The summed E-state index contributed by atoms with van der Waals surface area (Å²) in [5.74, 6) is 0.0138. The number of carbonyl (C=O) groups is 2. The van der Waals surface area contributed by atoms with E-state index in [2.05, 4.69) is 24.5 Å². The lowest BCUT2D eigenvalue weighted by Crippen LogP contribution is -2.41. The number of hydrogen-bond donors (Lipinski definition) is 2. The van der Waals surface area contributed by atoms with Crippen molar-refractivity contribution in [3.8, 4) is 0 Å². The van der Waals surface area contributed by atoms with Crippen molar-refractivity contribution < 1.29 is 14.3 Å². The molecule has 0 unspecified atom stereocenters. The smallest absolute Gasteiger partial charge is 0.257 e. The summed E-state index contributed by atoms with van der Waals surface area (Å²) in [5, 5.41) is 5.80. The molecule has 3 rings (SSSR count). The van der Waals surface area contributed by atoms with Crippen molar-refractivity contribution in [2.24, 2.45) is 0 Å². The van der Waals surface area contributed by atoms with Gasteiger partial charge in [0.15, 0.2) is 5.11 Å². The molecule has 0 spiro atoms. The largest absolute Gasteiger partial charge is 0.378 e. The summed E-state index contributed by atoms with van der Waals surface area (Å²) in [4.78, 5) is 27.0. The van der Waals surface area contributed by atoms with Crippen LogP contribution in [0.5, 0.6) is 0 Å². The lowest BCUT2D eigenvalue weighted by molar-refractivity contribution is 0.0303. The Bertz CT molecular complexity index is 890. The Morgan fingerprint density at radius 3 is 2.34 bits per heavy atom. The zero-order chi connectivity index (χ0) is 20.8. The van der Waals surface area contributed by atoms with Gasteiger partial charge in [0, 0.05) is 18.7 Å². The monoisotopic (exact) mass is 411 g/mol. The van der Waals surface area contributed by atoms with Crippen LogP contribution in [-0.2, 0) is 4.74 Å². The third kappa shape index (κ3) is 5.40. The molecule has 0 radical (unpaired) electrons. The van der Waals surface area contributed by atoms with Gasteiger partial charge in [0.05, 0.1) is 24.5 Å². The third-order valence-corrected chi connectivity index (χ3v) is 4.97. The molecule has 1 aliphatic heterocycles. The summed E-state index contributed by atoms with van der Waals surface area (Å²) in [6.45, 7) is 6.38. The summed E-state index contributed by atoms with van der Waals surface area (Å²) < 4.78 is 5.31. The van der Waals surface area contributed by atoms with Crippen molar-refractivity contribution >= 4 is 34.8 Å². The SMILES string of the molecule is CC(C)c1ccc(C(=O)NC(=S)Nc2ccccc2C(=O)N2CCOCC2)cc1. The van der Waals surface area contributed by atoms with E-state index in [0.29, 0.717) is 49.0 Å². The van der Waals surface area contributed by atoms with E-state index in [0.717, 1.165) is 5.56 Å². The van der Waals surface area contributed by atoms with E-state index in [1.807, 2.05) is 18.2 Å². The van der Waals surface area contributed by atoms with E-state index in [1.165, 1.54) is 0 Å². The minimum Gasteiger partial charge on any atom is -0.378 e. The fourth-order valence-corrected chi connectivity index (χ4v) is 3.27. The van der Waals surface area contributed by atoms with Crippen LogP contribution in [0.25, 0.3) is 0 Å². The summed E-state index contributed by atoms with van der Waals surface area (Å²) in [6, 6.07) is 14.6. The van der Waals surface area contributed by atoms with E-state index in [9.17, 15) is 9.59 Å². The fraction of sp³-hybridized carbons (Fsp3) is 0.318. The van der Waals surface area contributed by atoms with Crippen molar-refractivity contribution in [3.63, 3.8) is 0 Å². The van der Waals surface area contributed by atoms with Gasteiger partial charge in [-0.25, -0.2) is 0 Å². The highest BCUT2D eigenvalue weighted by atomic mass is 32.1. The van der Waals surface area contributed by atoms with E-state index in [1.54, 1.807) is 35.2 Å². The number of morpholine rings is 1. The van der Waals surface area contributed by atoms with E-state index >= 15 is 0 Å². The summed E-state index contributed by atoms with van der Waals surface area (Å²) in [5.41, 5.74) is 2.76. The van der Waals surface area contributed by atoms with Crippen LogP contribution >= 0.6 is 12.2 Å². The molecule has 2 N–H and O–H groups in total. The van der Waals surface area contributed by atoms with Gasteiger partial charge in [-0.1, -0.05) is 38.1 Å². The van der Waals surface area contributed by atoms with Crippen LogP contribution in [0.2, 0.25) is 0 Å². The molecule has 0 saturated carbocycles. The fourth-order valence-electron chi connectivity index (χ4n) is 3.06. The van der Waals surface area contributed by atoms with Gasteiger partial charge in [-0.2, -0.15) is 0 Å². The average molecular weight is 412 g/mol. The Kier molecular flexibility index (Phi) is 6.95. The second kappa shape index (κ2) is 9.62. The Morgan fingerprint density at radius 1 is 1.03 bits per heavy atom. The van der Waals surface area contributed by atoms with E-state index < -0.39 is 0 Å².